The van der Waals surface area contributed by atoms with Crippen molar-refractivity contribution >= 4 is 5.91 Å². The highest BCUT2D eigenvalue weighted by Crippen LogP contribution is 2.24. The maximum atomic E-state index is 12.6. The monoisotopic (exact) mass is 304 g/mol. The summed E-state index contributed by atoms with van der Waals surface area (Å²) in [4.78, 5) is 14.6. The number of nitrogens with zero attached hydrogens (tertiary/aromatic N) is 1. The second kappa shape index (κ2) is 8.18. The van der Waals surface area contributed by atoms with E-state index in [-0.39, 0.29) is 0 Å². The van der Waals surface area contributed by atoms with Gasteiger partial charge in [0, 0.05) is 25.6 Å². The molecule has 2 unspecified atom stereocenters. The predicted molar refractivity (Wildman–Crippen MR) is 89.1 cm³/mol. The number of rotatable bonds is 7. The average molecular weight is 304 g/mol. The van der Waals surface area contributed by atoms with Crippen molar-refractivity contribution in [1.82, 2.24) is 10.2 Å². The number of carbonyl (C=O) groups excluding carboxylic acids is 1. The Hall–Kier alpha value is -1.55. The van der Waals surface area contributed by atoms with Crippen LogP contribution in [0.4, 0.5) is 0 Å². The van der Waals surface area contributed by atoms with Crippen molar-refractivity contribution in [1.29, 1.82) is 0 Å². The largest absolute Gasteiger partial charge is 0.496 e. The Morgan fingerprint density at radius 2 is 2.23 bits per heavy atom. The third kappa shape index (κ3) is 4.23. The van der Waals surface area contributed by atoms with Crippen molar-refractivity contribution in [2.45, 2.75) is 38.6 Å². The van der Waals surface area contributed by atoms with Crippen LogP contribution in [0.15, 0.2) is 24.3 Å². The maximum absolute atomic E-state index is 12.6. The average Bonchev–Trinajstić information content (AvgIpc) is 2.96. The van der Waals surface area contributed by atoms with Crippen LogP contribution in [-0.4, -0.2) is 44.1 Å². The van der Waals surface area contributed by atoms with Crippen LogP contribution >= 0.6 is 0 Å². The molecule has 0 aliphatic carbocycles. The van der Waals surface area contributed by atoms with E-state index in [9.17, 15) is 4.79 Å². The number of hydrogen-bond donors (Lipinski definition) is 1. The van der Waals surface area contributed by atoms with Crippen LogP contribution < -0.4 is 10.1 Å². The molecule has 2 rings (SSSR count). The number of likely N-dealkylation sites (N-methyl/N-ethyl adjacent to an activating group) is 1. The molecule has 1 heterocycles. The van der Waals surface area contributed by atoms with E-state index in [0.29, 0.717) is 24.3 Å². The number of methoxy groups -OCH3 is 1. The van der Waals surface area contributed by atoms with Gasteiger partial charge in [0.05, 0.1) is 7.11 Å². The van der Waals surface area contributed by atoms with E-state index < -0.39 is 0 Å². The van der Waals surface area contributed by atoms with E-state index in [1.807, 2.05) is 25.2 Å². The molecule has 0 bridgehead atoms. The highest BCUT2D eigenvalue weighted by Gasteiger charge is 2.28. The third-order valence-electron chi connectivity index (χ3n) is 4.42. The van der Waals surface area contributed by atoms with Gasteiger partial charge in [-0.1, -0.05) is 25.1 Å². The van der Waals surface area contributed by atoms with E-state index in [1.165, 1.54) is 5.56 Å². The Kier molecular flexibility index (Phi) is 6.25. The first-order chi connectivity index (χ1) is 10.7. The summed E-state index contributed by atoms with van der Waals surface area (Å²) in [6, 6.07) is 8.43. The highest BCUT2D eigenvalue weighted by atomic mass is 16.5. The minimum atomic E-state index is 0.292. The van der Waals surface area contributed by atoms with Crippen LogP contribution in [0.5, 0.6) is 5.75 Å². The van der Waals surface area contributed by atoms with E-state index in [4.69, 9.17) is 4.74 Å². The third-order valence-corrected chi connectivity index (χ3v) is 4.42. The molecule has 1 aromatic carbocycles. The number of ether oxygens (including phenoxy) is 1. The molecule has 1 saturated heterocycles. The minimum absolute atomic E-state index is 0.292. The molecule has 0 radical (unpaired) electrons. The molecule has 122 valence electrons. The summed E-state index contributed by atoms with van der Waals surface area (Å²) >= 11 is 0. The predicted octanol–water partition coefficient (Wildman–Crippen LogP) is 2.47. The molecular weight excluding hydrogens is 276 g/mol. The fourth-order valence-electron chi connectivity index (χ4n) is 3.35. The van der Waals surface area contributed by atoms with Gasteiger partial charge in [-0.3, -0.25) is 4.79 Å². The molecule has 1 aromatic rings. The van der Waals surface area contributed by atoms with E-state index in [1.54, 1.807) is 7.11 Å². The van der Waals surface area contributed by atoms with Crippen LogP contribution in [0.1, 0.15) is 31.7 Å². The Labute approximate surface area is 133 Å². The fourth-order valence-corrected chi connectivity index (χ4v) is 3.35. The second-order valence-corrected chi connectivity index (χ2v) is 6.27. The molecule has 0 spiro atoms. The Morgan fingerprint density at radius 1 is 1.45 bits per heavy atom. The number of likely N-dealkylation sites (tertiary alicyclic amines) is 1. The fraction of sp³-hybridized carbons (Fsp3) is 0.611. The summed E-state index contributed by atoms with van der Waals surface area (Å²) in [5, 5.41) is 3.19. The SMILES string of the molecule is CNCC1CCCN1C(=O)CC(C)Cc1ccccc1OC. The lowest BCUT2D eigenvalue weighted by Gasteiger charge is -2.26. The Morgan fingerprint density at radius 3 is 2.95 bits per heavy atom. The Bertz CT molecular complexity index is 490. The van der Waals surface area contributed by atoms with Crippen molar-refractivity contribution in [2.24, 2.45) is 5.92 Å². The first kappa shape index (κ1) is 16.8. The molecule has 1 aliphatic heterocycles. The van der Waals surface area contributed by atoms with Crippen molar-refractivity contribution in [2.75, 3.05) is 27.2 Å². The summed E-state index contributed by atoms with van der Waals surface area (Å²) < 4.78 is 5.40. The Balaban J connectivity index is 1.91. The van der Waals surface area contributed by atoms with Gasteiger partial charge in [-0.05, 0) is 43.9 Å². The second-order valence-electron chi connectivity index (χ2n) is 6.27. The van der Waals surface area contributed by atoms with Crippen molar-refractivity contribution in [3.05, 3.63) is 29.8 Å². The standard InChI is InChI=1S/C18H28N2O2/c1-14(11-15-7-4-5-9-17(15)22-3)12-18(21)20-10-6-8-16(20)13-19-2/h4-5,7,9,14,16,19H,6,8,10-13H2,1-3H3. The van der Waals surface area contributed by atoms with Crippen LogP contribution in [0.3, 0.4) is 0 Å². The normalized spacial score (nSPS) is 19.2. The number of amides is 1. The molecule has 22 heavy (non-hydrogen) atoms. The first-order valence-electron chi connectivity index (χ1n) is 8.21. The van der Waals surface area contributed by atoms with Crippen molar-refractivity contribution in [3.8, 4) is 5.75 Å². The molecule has 4 nitrogen and oxygen atoms in total. The molecule has 2 atom stereocenters. The molecule has 1 N–H and O–H groups in total. The van der Waals surface area contributed by atoms with Gasteiger partial charge < -0.3 is 15.0 Å². The molecule has 0 saturated carbocycles. The minimum Gasteiger partial charge on any atom is -0.496 e. The van der Waals surface area contributed by atoms with Gasteiger partial charge in [0.15, 0.2) is 0 Å². The van der Waals surface area contributed by atoms with Crippen LogP contribution in [0, 0.1) is 5.92 Å². The number of carbonyl (C=O) groups is 1. The van der Waals surface area contributed by atoms with Gasteiger partial charge in [0.2, 0.25) is 5.91 Å². The molecule has 1 fully saturated rings. The van der Waals surface area contributed by atoms with Gasteiger partial charge >= 0.3 is 0 Å². The lowest BCUT2D eigenvalue weighted by Crippen LogP contribution is -2.41. The van der Waals surface area contributed by atoms with Crippen molar-refractivity contribution < 1.29 is 9.53 Å². The molecule has 1 amide bonds. The van der Waals surface area contributed by atoms with Gasteiger partial charge in [-0.25, -0.2) is 0 Å². The lowest BCUT2D eigenvalue weighted by atomic mass is 9.96. The van der Waals surface area contributed by atoms with Gasteiger partial charge in [-0.2, -0.15) is 0 Å². The van der Waals surface area contributed by atoms with Crippen molar-refractivity contribution in [3.63, 3.8) is 0 Å². The number of benzene rings is 1. The van der Waals surface area contributed by atoms with Crippen LogP contribution in [-0.2, 0) is 11.2 Å². The van der Waals surface area contributed by atoms with Crippen LogP contribution in [0.25, 0.3) is 0 Å². The zero-order valence-electron chi connectivity index (χ0n) is 14.0. The van der Waals surface area contributed by atoms with E-state index >= 15 is 0 Å². The van der Waals surface area contributed by atoms with E-state index in [2.05, 4.69) is 23.2 Å². The molecule has 1 aliphatic rings. The number of para-hydroxylation sites is 1. The highest BCUT2D eigenvalue weighted by molar-refractivity contribution is 5.77. The zero-order valence-corrected chi connectivity index (χ0v) is 14.0. The molecular formula is C18H28N2O2. The lowest BCUT2D eigenvalue weighted by molar-refractivity contribution is -0.132. The summed E-state index contributed by atoms with van der Waals surface area (Å²) in [5.41, 5.74) is 1.18. The quantitative estimate of drug-likeness (QED) is 0.841. The summed E-state index contributed by atoms with van der Waals surface area (Å²) in [5.74, 6) is 1.52. The smallest absolute Gasteiger partial charge is 0.223 e. The zero-order chi connectivity index (χ0) is 15.9. The molecule has 4 heteroatoms. The van der Waals surface area contributed by atoms with Crippen LogP contribution in [0.2, 0.25) is 0 Å². The molecule has 0 aromatic heterocycles. The van der Waals surface area contributed by atoms with E-state index in [0.717, 1.165) is 38.1 Å². The maximum Gasteiger partial charge on any atom is 0.223 e. The topological polar surface area (TPSA) is 41.6 Å². The number of hydrogen-bond acceptors (Lipinski definition) is 3. The van der Waals surface area contributed by atoms with Gasteiger partial charge in [-0.15, -0.1) is 0 Å². The summed E-state index contributed by atoms with van der Waals surface area (Å²) in [6.07, 6.45) is 3.73. The summed E-state index contributed by atoms with van der Waals surface area (Å²) in [6.45, 7) is 3.95. The van der Waals surface area contributed by atoms with Gasteiger partial charge in [0.25, 0.3) is 0 Å². The van der Waals surface area contributed by atoms with Gasteiger partial charge in [0.1, 0.15) is 5.75 Å². The summed E-state index contributed by atoms with van der Waals surface area (Å²) in [7, 11) is 3.65. The first-order valence-corrected chi connectivity index (χ1v) is 8.21. The number of nitrogens with one attached hydrogen (secondary N) is 1.